The van der Waals surface area contributed by atoms with Gasteiger partial charge < -0.3 is 4.90 Å². The highest BCUT2D eigenvalue weighted by Crippen LogP contribution is 2.12. The van der Waals surface area contributed by atoms with Gasteiger partial charge in [-0.1, -0.05) is 36.8 Å². The number of aryl methyl sites for hydroxylation is 1. The van der Waals surface area contributed by atoms with E-state index in [1.807, 2.05) is 7.05 Å². The Balaban J connectivity index is 2.59. The number of rotatable bonds is 7. The predicted octanol–water partition coefficient (Wildman–Crippen LogP) is 2.29. The lowest BCUT2D eigenvalue weighted by atomic mass is 10.0. The Bertz CT molecular complexity index is 479. The maximum absolute atomic E-state index is 11.2. The fourth-order valence-corrected chi connectivity index (χ4v) is 2.72. The first kappa shape index (κ1) is 16.2. The maximum Gasteiger partial charge on any atom is 0.148 e. The molecule has 1 aromatic rings. The van der Waals surface area contributed by atoms with Crippen LogP contribution < -0.4 is 0 Å². The molecule has 0 aliphatic carbocycles. The van der Waals surface area contributed by atoms with E-state index >= 15 is 0 Å². The minimum Gasteiger partial charge on any atom is -0.302 e. The molecule has 0 amide bonds. The van der Waals surface area contributed by atoms with Gasteiger partial charge in [-0.15, -0.1) is 0 Å². The van der Waals surface area contributed by atoms with Gasteiger partial charge >= 0.3 is 0 Å². The fraction of sp³-hybridized carbons (Fsp3) is 0.600. The molecule has 108 valence electrons. The van der Waals surface area contributed by atoms with Gasteiger partial charge in [-0.05, 0) is 32.4 Å². The summed E-state index contributed by atoms with van der Waals surface area (Å²) in [5.74, 6) is 0.230. The molecule has 1 atom stereocenters. The molecule has 0 spiro atoms. The SMILES string of the molecule is CC[C@H](Cc1ccc(C)cc1)N(C)CCS(C)(=O)=O. The third-order valence-corrected chi connectivity index (χ3v) is 4.43. The molecule has 0 fully saturated rings. The molecule has 0 saturated heterocycles. The summed E-state index contributed by atoms with van der Waals surface area (Å²) >= 11 is 0. The van der Waals surface area contributed by atoms with Gasteiger partial charge in [0.2, 0.25) is 0 Å². The molecule has 0 aromatic heterocycles. The highest BCUT2D eigenvalue weighted by molar-refractivity contribution is 7.90. The van der Waals surface area contributed by atoms with Gasteiger partial charge in [-0.3, -0.25) is 0 Å². The molecule has 0 N–H and O–H groups in total. The second kappa shape index (κ2) is 7.06. The molecule has 3 nitrogen and oxygen atoms in total. The summed E-state index contributed by atoms with van der Waals surface area (Å²) in [5.41, 5.74) is 2.57. The van der Waals surface area contributed by atoms with E-state index in [4.69, 9.17) is 0 Å². The first-order valence-electron chi connectivity index (χ1n) is 6.75. The van der Waals surface area contributed by atoms with Crippen LogP contribution in [0.5, 0.6) is 0 Å². The van der Waals surface area contributed by atoms with Crippen LogP contribution in [0.2, 0.25) is 0 Å². The molecule has 0 aliphatic heterocycles. The highest BCUT2D eigenvalue weighted by atomic mass is 32.2. The molecule has 0 aliphatic rings. The normalized spacial score (nSPS) is 13.7. The molecule has 0 unspecified atom stereocenters. The topological polar surface area (TPSA) is 37.4 Å². The van der Waals surface area contributed by atoms with E-state index in [0.717, 1.165) is 12.8 Å². The van der Waals surface area contributed by atoms with Crippen molar-refractivity contribution in [3.05, 3.63) is 35.4 Å². The smallest absolute Gasteiger partial charge is 0.148 e. The van der Waals surface area contributed by atoms with Crippen LogP contribution in [0.15, 0.2) is 24.3 Å². The average molecular weight is 283 g/mol. The van der Waals surface area contributed by atoms with Crippen LogP contribution in [0.3, 0.4) is 0 Å². The number of hydrogen-bond donors (Lipinski definition) is 0. The summed E-state index contributed by atoms with van der Waals surface area (Å²) in [6.07, 6.45) is 3.28. The summed E-state index contributed by atoms with van der Waals surface area (Å²) in [6, 6.07) is 8.95. The summed E-state index contributed by atoms with van der Waals surface area (Å²) in [7, 11) is -0.874. The van der Waals surface area contributed by atoms with E-state index in [1.54, 1.807) is 0 Å². The van der Waals surface area contributed by atoms with Crippen LogP contribution in [0.1, 0.15) is 24.5 Å². The lowest BCUT2D eigenvalue weighted by molar-refractivity contribution is 0.247. The largest absolute Gasteiger partial charge is 0.302 e. The second-order valence-electron chi connectivity index (χ2n) is 5.36. The highest BCUT2D eigenvalue weighted by Gasteiger charge is 2.15. The van der Waals surface area contributed by atoms with Crippen molar-refractivity contribution in [2.45, 2.75) is 32.7 Å². The van der Waals surface area contributed by atoms with Crippen LogP contribution in [-0.2, 0) is 16.3 Å². The fourth-order valence-electron chi connectivity index (χ4n) is 2.10. The van der Waals surface area contributed by atoms with Crippen molar-refractivity contribution in [1.29, 1.82) is 0 Å². The molecule has 1 rings (SSSR count). The Morgan fingerprint density at radius 1 is 1.21 bits per heavy atom. The zero-order chi connectivity index (χ0) is 14.5. The van der Waals surface area contributed by atoms with Crippen molar-refractivity contribution in [3.8, 4) is 0 Å². The number of likely N-dealkylation sites (N-methyl/N-ethyl adjacent to an activating group) is 1. The zero-order valence-electron chi connectivity index (χ0n) is 12.4. The monoisotopic (exact) mass is 283 g/mol. The molecule has 0 heterocycles. The lowest BCUT2D eigenvalue weighted by Crippen LogP contribution is -2.36. The Morgan fingerprint density at radius 2 is 1.79 bits per heavy atom. The first-order valence-corrected chi connectivity index (χ1v) is 8.81. The Hall–Kier alpha value is -0.870. The van der Waals surface area contributed by atoms with E-state index in [2.05, 4.69) is 43.0 Å². The van der Waals surface area contributed by atoms with Gasteiger partial charge in [0, 0.05) is 18.8 Å². The molecule has 0 saturated carbocycles. The quantitative estimate of drug-likeness (QED) is 0.770. The Morgan fingerprint density at radius 3 is 2.26 bits per heavy atom. The van der Waals surface area contributed by atoms with E-state index < -0.39 is 9.84 Å². The third-order valence-electron chi connectivity index (χ3n) is 3.50. The van der Waals surface area contributed by atoms with E-state index in [-0.39, 0.29) is 5.75 Å². The molecule has 1 aromatic carbocycles. The van der Waals surface area contributed by atoms with Crippen LogP contribution in [0, 0.1) is 6.92 Å². The van der Waals surface area contributed by atoms with Crippen molar-refractivity contribution in [3.63, 3.8) is 0 Å². The molecule has 0 bridgehead atoms. The number of sulfone groups is 1. The van der Waals surface area contributed by atoms with Crippen LogP contribution in [-0.4, -0.2) is 45.0 Å². The molecular weight excluding hydrogens is 258 g/mol. The van der Waals surface area contributed by atoms with Crippen molar-refractivity contribution in [2.75, 3.05) is 25.6 Å². The standard InChI is InChI=1S/C15H25NO2S/c1-5-15(16(3)10-11-19(4,17)18)12-14-8-6-13(2)7-9-14/h6-9,15H,5,10-12H2,1-4H3/t15-/m1/s1. The number of benzene rings is 1. The number of hydrogen-bond acceptors (Lipinski definition) is 3. The maximum atomic E-state index is 11.2. The summed E-state index contributed by atoms with van der Waals surface area (Å²) < 4.78 is 22.4. The zero-order valence-corrected chi connectivity index (χ0v) is 13.2. The van der Waals surface area contributed by atoms with Gasteiger partial charge in [0.25, 0.3) is 0 Å². The minimum absolute atomic E-state index is 0.230. The van der Waals surface area contributed by atoms with Crippen molar-refractivity contribution < 1.29 is 8.42 Å². The number of nitrogens with zero attached hydrogens (tertiary/aromatic N) is 1. The predicted molar refractivity (Wildman–Crippen MR) is 81.3 cm³/mol. The molecule has 0 radical (unpaired) electrons. The lowest BCUT2D eigenvalue weighted by Gasteiger charge is -2.27. The van der Waals surface area contributed by atoms with E-state index in [1.165, 1.54) is 17.4 Å². The summed E-state index contributed by atoms with van der Waals surface area (Å²) in [6.45, 7) is 4.83. The van der Waals surface area contributed by atoms with Gasteiger partial charge in [0.05, 0.1) is 5.75 Å². The first-order chi connectivity index (χ1) is 8.81. The van der Waals surface area contributed by atoms with Gasteiger partial charge in [-0.2, -0.15) is 0 Å². The van der Waals surface area contributed by atoms with Gasteiger partial charge in [0.1, 0.15) is 9.84 Å². The van der Waals surface area contributed by atoms with E-state index in [0.29, 0.717) is 12.6 Å². The van der Waals surface area contributed by atoms with Crippen LogP contribution >= 0.6 is 0 Å². The van der Waals surface area contributed by atoms with Gasteiger partial charge in [0.15, 0.2) is 0 Å². The van der Waals surface area contributed by atoms with Crippen LogP contribution in [0.25, 0.3) is 0 Å². The summed E-state index contributed by atoms with van der Waals surface area (Å²) in [4.78, 5) is 2.15. The second-order valence-corrected chi connectivity index (χ2v) is 7.62. The van der Waals surface area contributed by atoms with Crippen molar-refractivity contribution in [1.82, 2.24) is 4.90 Å². The Labute approximate surface area is 117 Å². The molecule has 19 heavy (non-hydrogen) atoms. The van der Waals surface area contributed by atoms with Crippen LogP contribution in [0.4, 0.5) is 0 Å². The molecular formula is C15H25NO2S. The molecule has 4 heteroatoms. The minimum atomic E-state index is -2.88. The van der Waals surface area contributed by atoms with Crippen molar-refractivity contribution >= 4 is 9.84 Å². The average Bonchev–Trinajstić information content (AvgIpc) is 2.34. The summed E-state index contributed by atoms with van der Waals surface area (Å²) in [5, 5.41) is 0. The van der Waals surface area contributed by atoms with Gasteiger partial charge in [-0.25, -0.2) is 8.42 Å². The third kappa shape index (κ3) is 6.21. The van der Waals surface area contributed by atoms with Crippen molar-refractivity contribution in [2.24, 2.45) is 0 Å². The van der Waals surface area contributed by atoms with E-state index in [9.17, 15) is 8.42 Å². The Kier molecular flexibility index (Phi) is 6.01.